The van der Waals surface area contributed by atoms with Gasteiger partial charge in [0.25, 0.3) is 0 Å². The average molecular weight is 424 g/mol. The normalized spacial score (nSPS) is 43.8. The first kappa shape index (κ1) is 21.6. The molecule has 166 valence electrons. The molecule has 2 aliphatic carbocycles. The minimum atomic E-state index is -1.52. The molecule has 4 aliphatic rings. The Kier molecular flexibility index (Phi) is 5.88. The number of rotatable bonds is 4. The molecule has 0 aromatic heterocycles. The fourth-order valence-electron chi connectivity index (χ4n) is 4.91. The number of hydrogen-bond acceptors (Lipinski definition) is 9. The summed E-state index contributed by atoms with van der Waals surface area (Å²) in [4.78, 5) is 12.1. The van der Waals surface area contributed by atoms with Crippen LogP contribution in [-0.4, -0.2) is 87.6 Å². The molecular formula is C21H28O9. The molecule has 0 aromatic carbocycles. The van der Waals surface area contributed by atoms with Gasteiger partial charge in [0.2, 0.25) is 0 Å². The number of fused-ring (bicyclic) bond motifs is 3. The van der Waals surface area contributed by atoms with Crippen molar-refractivity contribution in [2.45, 2.75) is 62.7 Å². The largest absolute Gasteiger partial charge is 0.457 e. The van der Waals surface area contributed by atoms with E-state index in [1.54, 1.807) is 0 Å². The monoisotopic (exact) mass is 424 g/mol. The van der Waals surface area contributed by atoms with Crippen LogP contribution in [0.5, 0.6) is 0 Å². The second-order valence-corrected chi connectivity index (χ2v) is 8.43. The zero-order valence-corrected chi connectivity index (χ0v) is 16.7. The minimum absolute atomic E-state index is 0.0213. The highest BCUT2D eigenvalue weighted by Gasteiger charge is 2.50. The fraction of sp³-hybridized carbons (Fsp3) is 0.667. The van der Waals surface area contributed by atoms with Gasteiger partial charge < -0.3 is 39.7 Å². The van der Waals surface area contributed by atoms with E-state index in [1.807, 2.05) is 13.0 Å². The Hall–Kier alpha value is -1.59. The van der Waals surface area contributed by atoms with E-state index in [0.29, 0.717) is 18.4 Å². The van der Waals surface area contributed by atoms with Crippen molar-refractivity contribution in [2.75, 3.05) is 13.2 Å². The quantitative estimate of drug-likeness (QED) is 0.216. The molecule has 2 saturated heterocycles. The predicted octanol–water partition coefficient (Wildman–Crippen LogP) is -1.07. The molecule has 0 bridgehead atoms. The van der Waals surface area contributed by atoms with Crippen LogP contribution < -0.4 is 0 Å². The van der Waals surface area contributed by atoms with Gasteiger partial charge in [0, 0.05) is 17.4 Å². The third-order valence-corrected chi connectivity index (χ3v) is 6.78. The number of allylic oxidation sites excluding steroid dienone is 1. The smallest absolute Gasteiger partial charge is 0.334 e. The molecule has 2 heterocycles. The number of ether oxygens (including phenoxy) is 3. The summed E-state index contributed by atoms with van der Waals surface area (Å²) in [5, 5.41) is 49.9. The van der Waals surface area contributed by atoms with Crippen molar-refractivity contribution >= 4 is 5.97 Å². The van der Waals surface area contributed by atoms with Crippen LogP contribution in [0.4, 0.5) is 0 Å². The van der Waals surface area contributed by atoms with E-state index in [2.05, 4.69) is 6.58 Å². The topological polar surface area (TPSA) is 146 Å². The first-order valence-electron chi connectivity index (χ1n) is 10.1. The lowest BCUT2D eigenvalue weighted by molar-refractivity contribution is -0.299. The van der Waals surface area contributed by atoms with Crippen molar-refractivity contribution in [2.24, 2.45) is 11.8 Å². The minimum Gasteiger partial charge on any atom is -0.457 e. The molecule has 9 nitrogen and oxygen atoms in total. The molecule has 2 aliphatic heterocycles. The van der Waals surface area contributed by atoms with E-state index in [9.17, 15) is 30.3 Å². The highest BCUT2D eigenvalue weighted by Crippen LogP contribution is 2.48. The molecular weight excluding hydrogens is 396 g/mol. The third-order valence-electron chi connectivity index (χ3n) is 6.78. The summed E-state index contributed by atoms with van der Waals surface area (Å²) in [6, 6.07) is 0. The van der Waals surface area contributed by atoms with Crippen LogP contribution in [0.3, 0.4) is 0 Å². The van der Waals surface area contributed by atoms with Crippen LogP contribution in [0.25, 0.3) is 0 Å². The molecule has 4 rings (SSSR count). The summed E-state index contributed by atoms with van der Waals surface area (Å²) >= 11 is 0. The number of carbonyl (C=O) groups excluding carboxylic acids is 1. The zero-order valence-electron chi connectivity index (χ0n) is 16.7. The lowest BCUT2D eigenvalue weighted by Gasteiger charge is -2.39. The lowest BCUT2D eigenvalue weighted by Crippen LogP contribution is -2.59. The molecule has 9 atom stereocenters. The molecule has 0 aromatic rings. The van der Waals surface area contributed by atoms with Crippen LogP contribution in [0.15, 0.2) is 34.9 Å². The van der Waals surface area contributed by atoms with Crippen molar-refractivity contribution in [3.63, 3.8) is 0 Å². The zero-order chi connectivity index (χ0) is 21.7. The van der Waals surface area contributed by atoms with Gasteiger partial charge in [0.05, 0.1) is 19.3 Å². The Morgan fingerprint density at radius 3 is 2.63 bits per heavy atom. The van der Waals surface area contributed by atoms with Crippen LogP contribution in [0.2, 0.25) is 0 Å². The van der Waals surface area contributed by atoms with Gasteiger partial charge in [-0.1, -0.05) is 18.2 Å². The maximum absolute atomic E-state index is 12.1. The highest BCUT2D eigenvalue weighted by molar-refractivity contribution is 5.91. The maximum Gasteiger partial charge on any atom is 0.334 e. The van der Waals surface area contributed by atoms with Crippen LogP contribution >= 0.6 is 0 Å². The molecule has 5 N–H and O–H groups in total. The molecule has 0 amide bonds. The van der Waals surface area contributed by atoms with E-state index in [0.717, 1.165) is 16.7 Å². The van der Waals surface area contributed by atoms with E-state index < -0.39 is 55.5 Å². The van der Waals surface area contributed by atoms with Crippen LogP contribution in [0.1, 0.15) is 19.8 Å². The van der Waals surface area contributed by atoms with E-state index >= 15 is 0 Å². The van der Waals surface area contributed by atoms with Crippen molar-refractivity contribution in [1.82, 2.24) is 0 Å². The SMILES string of the molecule is C=C1C(=O)OC2C1CC(O)C(C)=C1CC=C(COC3OC(CO)C(O)C(O)C3O)C12. The first-order chi connectivity index (χ1) is 14.2. The van der Waals surface area contributed by atoms with Crippen molar-refractivity contribution in [3.8, 4) is 0 Å². The Labute approximate surface area is 173 Å². The van der Waals surface area contributed by atoms with Crippen molar-refractivity contribution in [3.05, 3.63) is 34.9 Å². The van der Waals surface area contributed by atoms with Crippen molar-refractivity contribution < 1.29 is 44.5 Å². The van der Waals surface area contributed by atoms with Gasteiger partial charge in [0.15, 0.2) is 6.29 Å². The van der Waals surface area contributed by atoms with E-state index in [4.69, 9.17) is 14.2 Å². The molecule has 9 unspecified atom stereocenters. The third kappa shape index (κ3) is 3.44. The molecule has 30 heavy (non-hydrogen) atoms. The summed E-state index contributed by atoms with van der Waals surface area (Å²) in [7, 11) is 0. The lowest BCUT2D eigenvalue weighted by atomic mass is 9.83. The van der Waals surface area contributed by atoms with Gasteiger partial charge in [0.1, 0.15) is 30.5 Å². The van der Waals surface area contributed by atoms with E-state index in [1.165, 1.54) is 0 Å². The Balaban J connectivity index is 1.53. The number of carbonyl (C=O) groups is 1. The molecule has 0 radical (unpaired) electrons. The number of hydrogen-bond donors (Lipinski definition) is 5. The van der Waals surface area contributed by atoms with Crippen LogP contribution in [-0.2, 0) is 19.0 Å². The van der Waals surface area contributed by atoms with E-state index in [-0.39, 0.29) is 18.4 Å². The van der Waals surface area contributed by atoms with Gasteiger partial charge in [-0.25, -0.2) is 4.79 Å². The van der Waals surface area contributed by atoms with Crippen LogP contribution in [0, 0.1) is 11.8 Å². The average Bonchev–Trinajstić information content (AvgIpc) is 3.24. The highest BCUT2D eigenvalue weighted by atomic mass is 16.7. The second kappa shape index (κ2) is 8.16. The fourth-order valence-corrected chi connectivity index (χ4v) is 4.91. The van der Waals surface area contributed by atoms with Crippen molar-refractivity contribution in [1.29, 1.82) is 0 Å². The number of aliphatic hydroxyl groups excluding tert-OH is 5. The summed E-state index contributed by atoms with van der Waals surface area (Å²) in [5.41, 5.74) is 2.99. The summed E-state index contributed by atoms with van der Waals surface area (Å²) in [6.45, 7) is 5.19. The Morgan fingerprint density at radius 2 is 1.93 bits per heavy atom. The first-order valence-corrected chi connectivity index (χ1v) is 10.1. The summed E-state index contributed by atoms with van der Waals surface area (Å²) in [5.74, 6) is -1.05. The van der Waals surface area contributed by atoms with Gasteiger partial charge >= 0.3 is 5.97 Å². The van der Waals surface area contributed by atoms with Gasteiger partial charge in [-0.2, -0.15) is 0 Å². The Morgan fingerprint density at radius 1 is 1.20 bits per heavy atom. The van der Waals surface area contributed by atoms with Gasteiger partial charge in [-0.15, -0.1) is 0 Å². The molecule has 9 heteroatoms. The summed E-state index contributed by atoms with van der Waals surface area (Å²) < 4.78 is 16.7. The standard InChI is InChI=1S/C21H28O9/c1-8-11-4-3-10(7-28-21-18(26)17(25)16(24)14(6-22)29-21)15(11)19-12(5-13(8)23)9(2)20(27)30-19/h3,12-19,21-26H,2,4-7H2,1H3. The van der Waals surface area contributed by atoms with Gasteiger partial charge in [-0.05, 0) is 30.9 Å². The summed E-state index contributed by atoms with van der Waals surface area (Å²) in [6.07, 6.45) is -5.07. The molecule has 0 spiro atoms. The number of aliphatic hydroxyl groups is 5. The predicted molar refractivity (Wildman–Crippen MR) is 102 cm³/mol. The number of esters is 1. The van der Waals surface area contributed by atoms with Gasteiger partial charge in [-0.3, -0.25) is 0 Å². The Bertz CT molecular complexity index is 785. The molecule has 2 fully saturated rings. The molecule has 0 saturated carbocycles. The second-order valence-electron chi connectivity index (χ2n) is 8.43. The maximum atomic E-state index is 12.1.